The average Bonchev–Trinajstić information content (AvgIpc) is 3.32. The van der Waals surface area contributed by atoms with Crippen LogP contribution in [0.4, 0.5) is 0 Å². The Morgan fingerprint density at radius 3 is 2.18 bits per heavy atom. The van der Waals surface area contributed by atoms with Crippen molar-refractivity contribution in [2.24, 2.45) is 45.3 Å². The Morgan fingerprint density at radius 1 is 0.864 bits per heavy atom. The molecular weight excluding hydrogens is 560 g/mol. The lowest BCUT2D eigenvalue weighted by Gasteiger charge is -2.72. The normalized spacial score (nSPS) is 52.1. The maximum absolute atomic E-state index is 12.0. The average molecular weight is 621 g/mol. The summed E-state index contributed by atoms with van der Waals surface area (Å²) in [4.78, 5) is 0. The molecule has 1 heterocycles. The van der Waals surface area contributed by atoms with Crippen LogP contribution in [-0.2, 0) is 9.47 Å². The summed E-state index contributed by atoms with van der Waals surface area (Å²) in [7, 11) is 0. The summed E-state index contributed by atoms with van der Waals surface area (Å²) < 4.78 is 12.6. The molecule has 0 unspecified atom stereocenters. The van der Waals surface area contributed by atoms with E-state index in [1.165, 1.54) is 11.1 Å². The minimum atomic E-state index is -1.52. The van der Waals surface area contributed by atoms with Crippen molar-refractivity contribution in [1.29, 1.82) is 0 Å². The predicted molar refractivity (Wildman–Crippen MR) is 168 cm³/mol. The largest absolute Gasteiger partial charge is 0.394 e. The van der Waals surface area contributed by atoms with Crippen LogP contribution in [0.25, 0.3) is 0 Å². The lowest BCUT2D eigenvalue weighted by molar-refractivity contribution is -0.346. The van der Waals surface area contributed by atoms with Crippen molar-refractivity contribution < 1.29 is 40.1 Å². The van der Waals surface area contributed by atoms with Crippen molar-refractivity contribution in [3.63, 3.8) is 0 Å². The number of hydrogen-bond acceptors (Lipinski definition) is 8. The first-order valence-corrected chi connectivity index (χ1v) is 17.1. The minimum Gasteiger partial charge on any atom is -0.394 e. The molecule has 4 saturated carbocycles. The van der Waals surface area contributed by atoms with Crippen LogP contribution in [0.1, 0.15) is 100 Å². The number of rotatable bonds is 6. The molecule has 5 rings (SSSR count). The van der Waals surface area contributed by atoms with E-state index in [0.29, 0.717) is 25.2 Å². The summed E-state index contributed by atoms with van der Waals surface area (Å²) in [6.07, 6.45) is 2.23. The van der Waals surface area contributed by atoms with Gasteiger partial charge in [-0.05, 0) is 111 Å². The highest BCUT2D eigenvalue weighted by Gasteiger charge is 2.72. The number of hydrogen-bond donors (Lipinski definition) is 6. The van der Waals surface area contributed by atoms with Crippen LogP contribution in [0.15, 0.2) is 23.3 Å². The quantitative estimate of drug-likeness (QED) is 0.193. The van der Waals surface area contributed by atoms with Gasteiger partial charge in [0.2, 0.25) is 0 Å². The van der Waals surface area contributed by atoms with Gasteiger partial charge in [0.15, 0.2) is 6.29 Å². The maximum atomic E-state index is 12.0. The Bertz CT molecular complexity index is 1110. The van der Waals surface area contributed by atoms with Crippen molar-refractivity contribution in [3.8, 4) is 0 Å². The standard InChI is InChI=1S/C36H60O8/c1-19(2)10-9-11-20(3)21-12-15-35(7)27(21)22(38)16-25-34(6)14-13-26(39)33(4,5)31(34)23(17-36(25,35)8)43-32-30(42)29(41)28(40)24(18-37)44-32/h10-11,21-32,37-42H,9,12-18H2,1-8H3/b20-11+/t21-,22-,23+,24-,25-,26+,27+,28-,29+,30+,31+,32-,34-,35-,36-/m1/s1. The third-order valence-electron chi connectivity index (χ3n) is 13.9. The van der Waals surface area contributed by atoms with E-state index in [0.717, 1.165) is 25.7 Å². The lowest BCUT2D eigenvalue weighted by atomic mass is 9.34. The predicted octanol–water partition coefficient (Wildman–Crippen LogP) is 4.10. The van der Waals surface area contributed by atoms with Gasteiger partial charge in [0, 0.05) is 0 Å². The third kappa shape index (κ3) is 5.18. The second-order valence-electron chi connectivity index (χ2n) is 16.8. The van der Waals surface area contributed by atoms with Crippen LogP contribution in [0, 0.1) is 45.3 Å². The SMILES string of the molecule is CC(C)=CC/C=C(\C)[C@H]1CC[C@]2(C)[C@@H]1[C@H](O)C[C@@H]1[C@@]3(C)CC[C@H](O)C(C)(C)[C@@H]3[C@@H](O[C@@H]3O[C@H](CO)[C@@H](O)[C@H](O)[C@@H]3O)C[C@]12C. The molecule has 15 atom stereocenters. The zero-order valence-corrected chi connectivity index (χ0v) is 28.2. The lowest BCUT2D eigenvalue weighted by Crippen LogP contribution is -2.70. The van der Waals surface area contributed by atoms with E-state index >= 15 is 0 Å². The first-order chi connectivity index (χ1) is 20.4. The van der Waals surface area contributed by atoms with Gasteiger partial charge < -0.3 is 40.1 Å². The summed E-state index contributed by atoms with van der Waals surface area (Å²) in [6, 6.07) is 0. The third-order valence-corrected chi connectivity index (χ3v) is 13.9. The van der Waals surface area contributed by atoms with Gasteiger partial charge in [-0.3, -0.25) is 0 Å². The van der Waals surface area contributed by atoms with Gasteiger partial charge in [-0.1, -0.05) is 57.9 Å². The maximum Gasteiger partial charge on any atom is 0.186 e. The molecule has 0 bridgehead atoms. The van der Waals surface area contributed by atoms with Gasteiger partial charge in [0.1, 0.15) is 24.4 Å². The molecule has 0 spiro atoms. The van der Waals surface area contributed by atoms with Crippen molar-refractivity contribution in [1.82, 2.24) is 0 Å². The Balaban J connectivity index is 1.55. The van der Waals surface area contributed by atoms with Crippen molar-refractivity contribution in [2.75, 3.05) is 6.61 Å². The van der Waals surface area contributed by atoms with E-state index in [1.54, 1.807) is 0 Å². The molecule has 8 heteroatoms. The highest BCUT2D eigenvalue weighted by atomic mass is 16.7. The molecule has 6 N–H and O–H groups in total. The molecular formula is C36H60O8. The van der Waals surface area contributed by atoms with E-state index in [1.807, 2.05) is 0 Å². The summed E-state index contributed by atoms with van der Waals surface area (Å²) >= 11 is 0. The Kier molecular flexibility index (Phi) is 9.40. The van der Waals surface area contributed by atoms with E-state index < -0.39 is 61.0 Å². The van der Waals surface area contributed by atoms with E-state index in [4.69, 9.17) is 9.47 Å². The number of fused-ring (bicyclic) bond motifs is 5. The minimum absolute atomic E-state index is 0.112. The zero-order valence-electron chi connectivity index (χ0n) is 28.2. The molecule has 5 fully saturated rings. The summed E-state index contributed by atoms with van der Waals surface area (Å²) in [5, 5.41) is 65.2. The number of ether oxygens (including phenoxy) is 2. The fourth-order valence-corrected chi connectivity index (χ4v) is 11.5. The van der Waals surface area contributed by atoms with Gasteiger partial charge in [-0.2, -0.15) is 0 Å². The summed E-state index contributed by atoms with van der Waals surface area (Å²) in [6.45, 7) is 17.2. The highest BCUT2D eigenvalue weighted by molar-refractivity contribution is 5.24. The second-order valence-corrected chi connectivity index (χ2v) is 16.8. The Hall–Kier alpha value is -0.840. The van der Waals surface area contributed by atoms with Crippen LogP contribution < -0.4 is 0 Å². The smallest absolute Gasteiger partial charge is 0.186 e. The van der Waals surface area contributed by atoms with Crippen molar-refractivity contribution in [3.05, 3.63) is 23.3 Å². The molecule has 252 valence electrons. The first kappa shape index (κ1) is 34.5. The van der Waals surface area contributed by atoms with Crippen LogP contribution >= 0.6 is 0 Å². The molecule has 4 aliphatic carbocycles. The highest BCUT2D eigenvalue weighted by Crippen LogP contribution is 2.76. The van der Waals surface area contributed by atoms with Crippen LogP contribution in [0.2, 0.25) is 0 Å². The topological polar surface area (TPSA) is 140 Å². The molecule has 5 aliphatic rings. The van der Waals surface area contributed by atoms with Crippen LogP contribution in [-0.4, -0.2) is 86.3 Å². The van der Waals surface area contributed by atoms with Gasteiger partial charge in [0.05, 0.1) is 24.9 Å². The molecule has 0 aromatic carbocycles. The van der Waals surface area contributed by atoms with Crippen LogP contribution in [0.3, 0.4) is 0 Å². The van der Waals surface area contributed by atoms with Crippen molar-refractivity contribution >= 4 is 0 Å². The van der Waals surface area contributed by atoms with Gasteiger partial charge in [-0.25, -0.2) is 0 Å². The monoisotopic (exact) mass is 620 g/mol. The van der Waals surface area contributed by atoms with Crippen molar-refractivity contribution in [2.45, 2.75) is 149 Å². The van der Waals surface area contributed by atoms with E-state index in [9.17, 15) is 30.6 Å². The fraction of sp³-hybridized carbons (Fsp3) is 0.889. The molecule has 1 aliphatic heterocycles. The molecule has 0 amide bonds. The number of allylic oxidation sites excluding steroid dienone is 4. The summed E-state index contributed by atoms with van der Waals surface area (Å²) in [5.74, 6) is 0.506. The molecule has 0 radical (unpaired) electrons. The van der Waals surface area contributed by atoms with E-state index in [-0.39, 0.29) is 34.0 Å². The zero-order chi connectivity index (χ0) is 32.6. The molecule has 8 nitrogen and oxygen atoms in total. The summed E-state index contributed by atoms with van der Waals surface area (Å²) in [5.41, 5.74) is 1.49. The van der Waals surface area contributed by atoms with Gasteiger partial charge >= 0.3 is 0 Å². The molecule has 0 aromatic heterocycles. The Morgan fingerprint density at radius 2 is 1.55 bits per heavy atom. The van der Waals surface area contributed by atoms with E-state index in [2.05, 4.69) is 67.5 Å². The fourth-order valence-electron chi connectivity index (χ4n) is 11.5. The second kappa shape index (κ2) is 12.0. The van der Waals surface area contributed by atoms with Gasteiger partial charge in [0.25, 0.3) is 0 Å². The Labute approximate surface area is 264 Å². The van der Waals surface area contributed by atoms with Gasteiger partial charge in [-0.15, -0.1) is 0 Å². The molecule has 44 heavy (non-hydrogen) atoms. The number of aliphatic hydroxyl groups is 6. The number of aliphatic hydroxyl groups excluding tert-OH is 6. The molecule has 0 aromatic rings. The van der Waals surface area contributed by atoms with Crippen LogP contribution in [0.5, 0.6) is 0 Å². The first-order valence-electron chi connectivity index (χ1n) is 17.1. The molecule has 1 saturated heterocycles.